The zero-order valence-corrected chi connectivity index (χ0v) is 12.6. The van der Waals surface area contributed by atoms with Gasteiger partial charge in [0.1, 0.15) is 0 Å². The van der Waals surface area contributed by atoms with Crippen LogP contribution in [0.3, 0.4) is 0 Å². The van der Waals surface area contributed by atoms with Gasteiger partial charge in [0.05, 0.1) is 25.3 Å². The highest BCUT2D eigenvalue weighted by molar-refractivity contribution is 14.2. The molecule has 0 amide bonds. The first kappa shape index (κ1) is 14.9. The number of esters is 2. The van der Waals surface area contributed by atoms with E-state index in [9.17, 15) is 9.59 Å². The number of carbonyl (C=O) groups excluding carboxylic acids is 2. The zero-order chi connectivity index (χ0) is 13.5. The number of methoxy groups -OCH3 is 2. The first-order valence-electron chi connectivity index (χ1n) is 4.73. The molecule has 0 aromatic heterocycles. The van der Waals surface area contributed by atoms with E-state index in [1.165, 1.54) is 35.3 Å². The van der Waals surface area contributed by atoms with E-state index < -0.39 is 11.9 Å². The van der Waals surface area contributed by atoms with Gasteiger partial charge in [-0.1, -0.05) is 5.92 Å². The van der Waals surface area contributed by atoms with Crippen molar-refractivity contribution in [3.05, 3.63) is 34.9 Å². The standard InChI is InChI=1S/C12H9IO4S/c1-16-11(14)9-4-3-8(5-6-18-13)7-10(9)12(15)17-2/h3-4,7H,1-2H3. The van der Waals surface area contributed by atoms with E-state index in [0.29, 0.717) is 5.56 Å². The van der Waals surface area contributed by atoms with Crippen molar-refractivity contribution in [2.24, 2.45) is 0 Å². The fourth-order valence-corrected chi connectivity index (χ4v) is 1.75. The Bertz CT molecular complexity index is 531. The summed E-state index contributed by atoms with van der Waals surface area (Å²) in [6.45, 7) is 0. The molecule has 1 rings (SSSR count). The molecule has 94 valence electrons. The van der Waals surface area contributed by atoms with Gasteiger partial charge in [0, 0.05) is 26.8 Å². The minimum Gasteiger partial charge on any atom is -0.465 e. The van der Waals surface area contributed by atoms with Crippen molar-refractivity contribution in [2.75, 3.05) is 14.2 Å². The van der Waals surface area contributed by atoms with Gasteiger partial charge in [-0.25, -0.2) is 9.59 Å². The molecule has 1 aromatic rings. The van der Waals surface area contributed by atoms with E-state index >= 15 is 0 Å². The second kappa shape index (κ2) is 7.28. The Morgan fingerprint density at radius 2 is 1.78 bits per heavy atom. The van der Waals surface area contributed by atoms with Gasteiger partial charge in [-0.2, -0.15) is 0 Å². The summed E-state index contributed by atoms with van der Waals surface area (Å²) in [6, 6.07) is 4.66. The molecule has 0 aliphatic heterocycles. The van der Waals surface area contributed by atoms with Crippen molar-refractivity contribution in [1.29, 1.82) is 0 Å². The quantitative estimate of drug-likeness (QED) is 0.451. The highest BCUT2D eigenvalue weighted by atomic mass is 127. The molecule has 0 saturated heterocycles. The number of halogens is 1. The molecule has 0 heterocycles. The first-order chi connectivity index (χ1) is 8.63. The molecular weight excluding hydrogens is 367 g/mol. The lowest BCUT2D eigenvalue weighted by Gasteiger charge is -2.06. The van der Waals surface area contributed by atoms with Crippen LogP contribution in [0, 0.1) is 11.2 Å². The molecule has 0 fully saturated rings. The van der Waals surface area contributed by atoms with E-state index in [4.69, 9.17) is 0 Å². The van der Waals surface area contributed by atoms with Crippen LogP contribution in [0.15, 0.2) is 18.2 Å². The van der Waals surface area contributed by atoms with Gasteiger partial charge in [0.2, 0.25) is 0 Å². The fraction of sp³-hybridized carbons (Fsp3) is 0.167. The number of rotatable bonds is 2. The van der Waals surface area contributed by atoms with Crippen molar-refractivity contribution in [3.63, 3.8) is 0 Å². The molecular formula is C12H9IO4S. The zero-order valence-electron chi connectivity index (χ0n) is 9.65. The Hall–Kier alpha value is -1.20. The highest BCUT2D eigenvalue weighted by Crippen LogP contribution is 2.15. The molecule has 18 heavy (non-hydrogen) atoms. The van der Waals surface area contributed by atoms with Crippen molar-refractivity contribution >= 4 is 42.1 Å². The van der Waals surface area contributed by atoms with Crippen LogP contribution < -0.4 is 0 Å². The summed E-state index contributed by atoms with van der Waals surface area (Å²) < 4.78 is 9.23. The summed E-state index contributed by atoms with van der Waals surface area (Å²) in [4.78, 5) is 23.1. The van der Waals surface area contributed by atoms with Crippen molar-refractivity contribution in [1.82, 2.24) is 0 Å². The molecule has 0 spiro atoms. The van der Waals surface area contributed by atoms with Crippen LogP contribution in [-0.4, -0.2) is 26.2 Å². The lowest BCUT2D eigenvalue weighted by atomic mass is 10.0. The Balaban J connectivity index is 3.29. The minimum atomic E-state index is -0.596. The summed E-state index contributed by atoms with van der Waals surface area (Å²) in [7, 11) is 3.84. The van der Waals surface area contributed by atoms with Crippen LogP contribution in [0.25, 0.3) is 0 Å². The normalized spacial score (nSPS) is 9.06. The second-order valence-corrected chi connectivity index (χ2v) is 4.73. The molecule has 4 nitrogen and oxygen atoms in total. The predicted octanol–water partition coefficient (Wildman–Crippen LogP) is 2.65. The van der Waals surface area contributed by atoms with Gasteiger partial charge in [-0.15, -0.1) is 0 Å². The molecule has 0 aliphatic carbocycles. The molecule has 0 unspecified atom stereocenters. The molecule has 0 aliphatic rings. The van der Waals surface area contributed by atoms with Gasteiger partial charge in [0.25, 0.3) is 0 Å². The molecule has 0 saturated carbocycles. The highest BCUT2D eigenvalue weighted by Gasteiger charge is 2.18. The third-order valence-electron chi connectivity index (χ3n) is 2.06. The van der Waals surface area contributed by atoms with Gasteiger partial charge in [0.15, 0.2) is 0 Å². The number of ether oxygens (including phenoxy) is 2. The second-order valence-electron chi connectivity index (χ2n) is 3.05. The van der Waals surface area contributed by atoms with Crippen LogP contribution in [0.5, 0.6) is 0 Å². The lowest BCUT2D eigenvalue weighted by Crippen LogP contribution is -2.12. The Morgan fingerprint density at radius 3 is 2.33 bits per heavy atom. The van der Waals surface area contributed by atoms with Gasteiger partial charge in [-0.3, -0.25) is 0 Å². The number of hydrogen-bond donors (Lipinski definition) is 0. The molecule has 1 aromatic carbocycles. The average molecular weight is 376 g/mol. The summed E-state index contributed by atoms with van der Waals surface area (Å²) in [5.74, 6) is 1.66. The van der Waals surface area contributed by atoms with E-state index in [0.717, 1.165) is 0 Å². The summed E-state index contributed by atoms with van der Waals surface area (Å²) in [6.07, 6.45) is 0. The molecule has 0 radical (unpaired) electrons. The Morgan fingerprint density at radius 1 is 1.17 bits per heavy atom. The maximum Gasteiger partial charge on any atom is 0.338 e. The third-order valence-corrected chi connectivity index (χ3v) is 2.90. The summed E-state index contributed by atoms with van der Waals surface area (Å²) in [5, 5.41) is 2.80. The smallest absolute Gasteiger partial charge is 0.338 e. The van der Waals surface area contributed by atoms with Gasteiger partial charge in [-0.05, 0) is 32.4 Å². The number of carbonyl (C=O) groups is 2. The molecule has 0 bridgehead atoms. The van der Waals surface area contributed by atoms with E-state index in [-0.39, 0.29) is 11.1 Å². The van der Waals surface area contributed by atoms with Gasteiger partial charge < -0.3 is 9.47 Å². The van der Waals surface area contributed by atoms with Crippen LogP contribution in [0.1, 0.15) is 26.3 Å². The maximum atomic E-state index is 11.6. The number of benzene rings is 1. The van der Waals surface area contributed by atoms with Crippen molar-refractivity contribution in [3.8, 4) is 11.2 Å². The summed E-state index contributed by atoms with van der Waals surface area (Å²) in [5.41, 5.74) is 0.943. The fourth-order valence-electron chi connectivity index (χ4n) is 1.27. The largest absolute Gasteiger partial charge is 0.465 e. The van der Waals surface area contributed by atoms with Crippen LogP contribution in [0.2, 0.25) is 0 Å². The Kier molecular flexibility index (Phi) is 6.01. The minimum absolute atomic E-state index is 0.148. The van der Waals surface area contributed by atoms with E-state index in [1.807, 2.05) is 21.2 Å². The Labute approximate surface area is 121 Å². The summed E-state index contributed by atoms with van der Waals surface area (Å²) >= 11 is 2.04. The number of hydrogen-bond acceptors (Lipinski definition) is 5. The average Bonchev–Trinajstić information content (AvgIpc) is 2.43. The molecule has 0 N–H and O–H groups in total. The van der Waals surface area contributed by atoms with Crippen LogP contribution in [-0.2, 0) is 9.47 Å². The van der Waals surface area contributed by atoms with E-state index in [2.05, 4.69) is 20.6 Å². The lowest BCUT2D eigenvalue weighted by molar-refractivity contribution is 0.0555. The molecule has 6 heteroatoms. The third kappa shape index (κ3) is 3.65. The first-order valence-corrected chi connectivity index (χ1v) is 8.09. The maximum absolute atomic E-state index is 11.6. The van der Waals surface area contributed by atoms with Crippen LogP contribution >= 0.6 is 30.1 Å². The predicted molar refractivity (Wildman–Crippen MR) is 77.6 cm³/mol. The topological polar surface area (TPSA) is 52.6 Å². The van der Waals surface area contributed by atoms with Crippen molar-refractivity contribution < 1.29 is 19.1 Å². The van der Waals surface area contributed by atoms with Crippen LogP contribution in [0.4, 0.5) is 0 Å². The van der Waals surface area contributed by atoms with E-state index in [1.54, 1.807) is 6.07 Å². The SMILES string of the molecule is COC(=O)c1ccc(C#CSI)cc1C(=O)OC. The van der Waals surface area contributed by atoms with Gasteiger partial charge >= 0.3 is 11.9 Å². The monoisotopic (exact) mass is 376 g/mol. The van der Waals surface area contributed by atoms with Crippen molar-refractivity contribution in [2.45, 2.75) is 0 Å². The molecule has 0 atom stereocenters.